The summed E-state index contributed by atoms with van der Waals surface area (Å²) in [5, 5.41) is 3.59. The van der Waals surface area contributed by atoms with E-state index in [-0.39, 0.29) is 5.75 Å². The molecule has 2 unspecified atom stereocenters. The molecule has 27 heavy (non-hydrogen) atoms. The lowest BCUT2D eigenvalue weighted by atomic mass is 9.56. The molecule has 7 nitrogen and oxygen atoms in total. The van der Waals surface area contributed by atoms with E-state index in [1.54, 1.807) is 51.1 Å². The van der Waals surface area contributed by atoms with Crippen LogP contribution in [-0.4, -0.2) is 32.2 Å². The maximum absolute atomic E-state index is 14.2. The molecule has 3 N–H and O–H groups in total. The average Bonchev–Trinajstić information content (AvgIpc) is 2.43. The Morgan fingerprint density at radius 1 is 1.37 bits per heavy atom. The van der Waals surface area contributed by atoms with E-state index in [4.69, 9.17) is 10.5 Å². The number of hydrogen-bond acceptors (Lipinski definition) is 5. The van der Waals surface area contributed by atoms with Crippen molar-refractivity contribution >= 4 is 22.3 Å². The summed E-state index contributed by atoms with van der Waals surface area (Å²) < 4.78 is 57.5. The lowest BCUT2D eigenvalue weighted by molar-refractivity contribution is -0.258. The molecule has 2 rings (SSSR count). The number of halogens is 2. The summed E-state index contributed by atoms with van der Waals surface area (Å²) in [6.07, 6.45) is -1.17. The molecule has 1 aliphatic carbocycles. The number of ether oxygens (including phenoxy) is 1. The van der Waals surface area contributed by atoms with Gasteiger partial charge in [0.15, 0.2) is 5.60 Å². The first-order valence-corrected chi connectivity index (χ1v) is 9.87. The number of carbonyl (C=O) groups excluding carboxylic acids is 1. The minimum Gasteiger partial charge on any atom is -0.436 e. The number of hydrogen-bond donors (Lipinski definition) is 2. The van der Waals surface area contributed by atoms with Crippen LogP contribution in [0.3, 0.4) is 0 Å². The molecule has 0 aromatic heterocycles. The zero-order valence-corrected chi connectivity index (χ0v) is 16.1. The number of primary amides is 1. The van der Waals surface area contributed by atoms with Crippen molar-refractivity contribution in [3.05, 3.63) is 35.9 Å². The van der Waals surface area contributed by atoms with E-state index < -0.39 is 45.4 Å². The largest absolute Gasteiger partial charge is 0.436 e. The van der Waals surface area contributed by atoms with E-state index in [1.807, 2.05) is 4.83 Å². The van der Waals surface area contributed by atoms with Crippen LogP contribution in [0.4, 0.5) is 13.6 Å². The molecule has 0 saturated heterocycles. The predicted octanol–water partition coefficient (Wildman–Crippen LogP) is 2.63. The smallest absolute Gasteiger partial charge is 0.405 e. The summed E-state index contributed by atoms with van der Waals surface area (Å²) in [6, 6.07) is 8.38. The second-order valence-electron chi connectivity index (χ2n) is 7.71. The van der Waals surface area contributed by atoms with Crippen LogP contribution in [0.15, 0.2) is 35.4 Å². The molecule has 0 aliphatic heterocycles. The second kappa shape index (κ2) is 7.06. The summed E-state index contributed by atoms with van der Waals surface area (Å²) in [6.45, 7) is 4.70. The number of rotatable bonds is 6. The van der Waals surface area contributed by atoms with Gasteiger partial charge >= 0.3 is 6.09 Å². The van der Waals surface area contributed by atoms with Crippen molar-refractivity contribution in [2.45, 2.75) is 44.5 Å². The van der Waals surface area contributed by atoms with Crippen molar-refractivity contribution in [1.82, 2.24) is 4.83 Å². The van der Waals surface area contributed by atoms with Gasteiger partial charge in [-0.05, 0) is 11.0 Å². The minimum atomic E-state index is -3.86. The highest BCUT2D eigenvalue weighted by atomic mass is 32.2. The molecule has 10 heteroatoms. The monoisotopic (exact) mass is 403 g/mol. The second-order valence-corrected chi connectivity index (χ2v) is 9.41. The third kappa shape index (κ3) is 4.94. The SMILES string of the molecule is CC(C)(C)C1C(F)(F)CC1(C=NNS(=O)(=O)Cc1ccccc1)OC(N)=O. The maximum atomic E-state index is 14.2. The minimum absolute atomic E-state index is 0.340. The van der Waals surface area contributed by atoms with E-state index in [1.165, 1.54) is 0 Å². The lowest BCUT2D eigenvalue weighted by Crippen LogP contribution is -2.69. The van der Waals surface area contributed by atoms with Gasteiger partial charge in [-0.3, -0.25) is 0 Å². The zero-order chi connectivity index (χ0) is 20.5. The van der Waals surface area contributed by atoms with Crippen molar-refractivity contribution in [1.29, 1.82) is 0 Å². The van der Waals surface area contributed by atoms with Crippen LogP contribution in [-0.2, 0) is 20.5 Å². The van der Waals surface area contributed by atoms with Crippen LogP contribution in [0, 0.1) is 11.3 Å². The first kappa shape index (κ1) is 21.1. The van der Waals surface area contributed by atoms with Crippen LogP contribution in [0.25, 0.3) is 0 Å². The topological polar surface area (TPSA) is 111 Å². The Bertz CT molecular complexity index is 812. The van der Waals surface area contributed by atoms with Crippen molar-refractivity contribution in [2.24, 2.45) is 22.2 Å². The normalized spacial score (nSPS) is 25.0. The van der Waals surface area contributed by atoms with Gasteiger partial charge in [0.2, 0.25) is 0 Å². The standard InChI is InChI=1S/C17H23F2N3O4S/c1-15(2,3)13-16(26-14(20)23,10-17(13,18)19)11-21-22-27(24,25)9-12-7-5-4-6-8-12/h4-8,11,13,22H,9-10H2,1-3H3,(H2,20,23). The van der Waals surface area contributed by atoms with Gasteiger partial charge in [-0.25, -0.2) is 26.8 Å². The fourth-order valence-electron chi connectivity index (χ4n) is 3.64. The Morgan fingerprint density at radius 3 is 2.44 bits per heavy atom. The maximum Gasteiger partial charge on any atom is 0.405 e. The molecule has 1 aromatic carbocycles. The van der Waals surface area contributed by atoms with E-state index >= 15 is 0 Å². The first-order chi connectivity index (χ1) is 12.3. The Hall–Kier alpha value is -2.23. The highest BCUT2D eigenvalue weighted by Gasteiger charge is 2.71. The van der Waals surface area contributed by atoms with Gasteiger partial charge in [0, 0.05) is 0 Å². The van der Waals surface area contributed by atoms with Gasteiger partial charge in [-0.1, -0.05) is 51.1 Å². The van der Waals surface area contributed by atoms with Crippen LogP contribution < -0.4 is 10.6 Å². The van der Waals surface area contributed by atoms with Gasteiger partial charge in [0.25, 0.3) is 15.9 Å². The fourth-order valence-corrected chi connectivity index (χ4v) is 4.55. The highest BCUT2D eigenvalue weighted by Crippen LogP contribution is 2.59. The van der Waals surface area contributed by atoms with Gasteiger partial charge in [0.1, 0.15) is 0 Å². The highest BCUT2D eigenvalue weighted by molar-refractivity contribution is 7.88. The van der Waals surface area contributed by atoms with Gasteiger partial charge < -0.3 is 10.5 Å². The molecular formula is C17H23F2N3O4S. The van der Waals surface area contributed by atoms with Crippen LogP contribution in [0.5, 0.6) is 0 Å². The summed E-state index contributed by atoms with van der Waals surface area (Å²) in [4.78, 5) is 13.2. The predicted molar refractivity (Wildman–Crippen MR) is 96.6 cm³/mol. The Morgan fingerprint density at radius 2 is 1.96 bits per heavy atom. The number of sulfonamides is 1. The molecule has 1 amide bonds. The van der Waals surface area contributed by atoms with E-state index in [0.717, 1.165) is 6.21 Å². The van der Waals surface area contributed by atoms with Crippen molar-refractivity contribution < 1.29 is 26.7 Å². The number of carbonyl (C=O) groups is 1. The summed E-state index contributed by atoms with van der Waals surface area (Å²) in [5.74, 6) is -4.86. The number of nitrogens with one attached hydrogen (secondary N) is 1. The molecule has 1 aliphatic rings. The molecule has 0 radical (unpaired) electrons. The number of nitrogens with two attached hydrogens (primary N) is 1. The number of nitrogens with zero attached hydrogens (tertiary/aromatic N) is 1. The number of alkyl halides is 2. The van der Waals surface area contributed by atoms with Crippen LogP contribution >= 0.6 is 0 Å². The molecule has 0 heterocycles. The Balaban J connectivity index is 2.20. The quantitative estimate of drug-likeness (QED) is 0.562. The third-order valence-electron chi connectivity index (χ3n) is 4.25. The van der Waals surface area contributed by atoms with Gasteiger partial charge in [0.05, 0.1) is 24.3 Å². The third-order valence-corrected chi connectivity index (χ3v) is 5.35. The zero-order valence-electron chi connectivity index (χ0n) is 15.3. The summed E-state index contributed by atoms with van der Waals surface area (Å²) in [5.41, 5.74) is 2.83. The van der Waals surface area contributed by atoms with E-state index in [0.29, 0.717) is 5.56 Å². The van der Waals surface area contributed by atoms with Crippen molar-refractivity contribution in [3.63, 3.8) is 0 Å². The molecule has 0 bridgehead atoms. The van der Waals surface area contributed by atoms with Crippen LogP contribution in [0.2, 0.25) is 0 Å². The Kier molecular flexibility index (Phi) is 5.51. The first-order valence-electron chi connectivity index (χ1n) is 8.21. The molecule has 1 fully saturated rings. The van der Waals surface area contributed by atoms with Crippen molar-refractivity contribution in [2.75, 3.05) is 0 Å². The molecule has 0 spiro atoms. The van der Waals surface area contributed by atoms with E-state index in [2.05, 4.69) is 5.10 Å². The lowest BCUT2D eigenvalue weighted by Gasteiger charge is -2.56. The molecule has 1 saturated carbocycles. The number of benzene rings is 1. The van der Waals surface area contributed by atoms with Gasteiger partial charge in [-0.2, -0.15) is 5.10 Å². The Labute approximate surface area is 157 Å². The fraction of sp³-hybridized carbons (Fsp3) is 0.529. The summed E-state index contributed by atoms with van der Waals surface area (Å²) in [7, 11) is -3.86. The molecule has 1 aromatic rings. The number of amides is 1. The van der Waals surface area contributed by atoms with Gasteiger partial charge in [-0.15, -0.1) is 0 Å². The summed E-state index contributed by atoms with van der Waals surface area (Å²) >= 11 is 0. The average molecular weight is 403 g/mol. The van der Waals surface area contributed by atoms with Crippen LogP contribution in [0.1, 0.15) is 32.8 Å². The number of hydrazone groups is 1. The van der Waals surface area contributed by atoms with E-state index in [9.17, 15) is 22.0 Å². The molecular weight excluding hydrogens is 380 g/mol. The van der Waals surface area contributed by atoms with Crippen molar-refractivity contribution in [3.8, 4) is 0 Å². The molecule has 150 valence electrons. The molecule has 2 atom stereocenters.